The summed E-state index contributed by atoms with van der Waals surface area (Å²) in [5.41, 5.74) is 9.64. The Morgan fingerprint density at radius 1 is 1.23 bits per heavy atom. The van der Waals surface area contributed by atoms with Gasteiger partial charge < -0.3 is 16.4 Å². The quantitative estimate of drug-likeness (QED) is 0.568. The Kier molecular flexibility index (Phi) is 5.03. The van der Waals surface area contributed by atoms with Crippen LogP contribution in [-0.2, 0) is 0 Å². The molecule has 0 aliphatic heterocycles. The van der Waals surface area contributed by atoms with E-state index in [1.54, 1.807) is 10.7 Å². The average molecular weight is 426 g/mol. The van der Waals surface area contributed by atoms with Crippen LogP contribution in [0.15, 0.2) is 42.7 Å². The van der Waals surface area contributed by atoms with Crippen molar-refractivity contribution in [1.29, 1.82) is 0 Å². The fraction of sp³-hybridized carbons (Fsp3) is 0.391. The summed E-state index contributed by atoms with van der Waals surface area (Å²) in [6, 6.07) is 9.87. The van der Waals surface area contributed by atoms with E-state index in [1.165, 1.54) is 0 Å². The third-order valence-corrected chi connectivity index (χ3v) is 7.43. The summed E-state index contributed by atoms with van der Waals surface area (Å²) in [4.78, 5) is 12.2. The van der Waals surface area contributed by atoms with E-state index in [0.717, 1.165) is 35.2 Å². The fourth-order valence-electron chi connectivity index (χ4n) is 4.57. The largest absolute Gasteiger partial charge is 0.379 e. The van der Waals surface area contributed by atoms with Crippen LogP contribution >= 0.6 is 11.6 Å². The summed E-state index contributed by atoms with van der Waals surface area (Å²) in [5, 5.41) is 12.3. The van der Waals surface area contributed by atoms with Gasteiger partial charge in [-0.2, -0.15) is 5.10 Å². The molecule has 1 aliphatic rings. The molecule has 2 atom stereocenters. The van der Waals surface area contributed by atoms with Crippen LogP contribution in [-0.4, -0.2) is 34.1 Å². The van der Waals surface area contributed by atoms with Gasteiger partial charge in [0.15, 0.2) is 0 Å². The Balaban J connectivity index is 1.80. The highest BCUT2D eigenvalue weighted by molar-refractivity contribution is 6.30. The number of aromatic nitrogens is 2. The highest BCUT2D eigenvalue weighted by atomic mass is 35.5. The van der Waals surface area contributed by atoms with Crippen LogP contribution in [0, 0.1) is 5.41 Å². The molecule has 0 spiro atoms. The molecule has 6 nitrogen and oxygen atoms in total. The number of halogens is 1. The minimum absolute atomic E-state index is 0.00265. The van der Waals surface area contributed by atoms with E-state index in [4.69, 9.17) is 17.3 Å². The van der Waals surface area contributed by atoms with E-state index in [1.807, 2.05) is 43.6 Å². The molecule has 4 N–H and O–H groups in total. The maximum absolute atomic E-state index is 12.2. The minimum Gasteiger partial charge on any atom is -0.379 e. The highest BCUT2D eigenvalue weighted by Crippen LogP contribution is 2.47. The molecule has 158 valence electrons. The molecular formula is C23H28ClN5O. The van der Waals surface area contributed by atoms with Crippen molar-refractivity contribution in [2.24, 2.45) is 11.1 Å². The first-order valence-electron chi connectivity index (χ1n) is 10.2. The molecule has 2 aromatic heterocycles. The third-order valence-electron chi connectivity index (χ3n) is 7.18. The van der Waals surface area contributed by atoms with E-state index < -0.39 is 5.91 Å². The molecule has 0 bridgehead atoms. The van der Waals surface area contributed by atoms with Gasteiger partial charge >= 0.3 is 0 Å². The van der Waals surface area contributed by atoms with Crippen molar-refractivity contribution in [2.45, 2.75) is 45.2 Å². The molecule has 4 rings (SSSR count). The number of nitrogens with zero attached hydrogens (tertiary/aromatic N) is 2. The van der Waals surface area contributed by atoms with Gasteiger partial charge in [-0.1, -0.05) is 37.6 Å². The predicted molar refractivity (Wildman–Crippen MR) is 122 cm³/mol. The van der Waals surface area contributed by atoms with Gasteiger partial charge in [-0.3, -0.25) is 4.79 Å². The first-order chi connectivity index (χ1) is 14.2. The van der Waals surface area contributed by atoms with Crippen molar-refractivity contribution in [3.63, 3.8) is 0 Å². The summed E-state index contributed by atoms with van der Waals surface area (Å²) in [6.07, 6.45) is 5.52. The van der Waals surface area contributed by atoms with Crippen LogP contribution in [0.1, 0.15) is 44.0 Å². The van der Waals surface area contributed by atoms with E-state index >= 15 is 0 Å². The second kappa shape index (κ2) is 7.29. The van der Waals surface area contributed by atoms with Crippen LogP contribution in [0.5, 0.6) is 0 Å². The van der Waals surface area contributed by atoms with Crippen molar-refractivity contribution in [1.82, 2.24) is 14.9 Å². The minimum atomic E-state index is -0.492. The van der Waals surface area contributed by atoms with Crippen LogP contribution in [0.4, 0.5) is 5.69 Å². The van der Waals surface area contributed by atoms with Gasteiger partial charge in [-0.15, -0.1) is 0 Å². The molecule has 1 aromatic carbocycles. The number of nitrogens with two attached hydrogens (primary N) is 1. The molecule has 0 saturated heterocycles. The fourth-order valence-corrected chi connectivity index (χ4v) is 4.70. The van der Waals surface area contributed by atoms with Crippen molar-refractivity contribution >= 4 is 28.7 Å². The number of primary amides is 1. The summed E-state index contributed by atoms with van der Waals surface area (Å²) in [7, 11) is 2.01. The lowest BCUT2D eigenvalue weighted by Crippen LogP contribution is -2.53. The molecule has 3 aromatic rings. The number of rotatable bonds is 5. The number of hydrogen-bond donors (Lipinski definition) is 3. The Morgan fingerprint density at radius 2 is 1.93 bits per heavy atom. The van der Waals surface area contributed by atoms with Gasteiger partial charge in [-0.25, -0.2) is 4.52 Å². The topological polar surface area (TPSA) is 84.5 Å². The van der Waals surface area contributed by atoms with E-state index in [9.17, 15) is 4.79 Å². The van der Waals surface area contributed by atoms with E-state index in [-0.39, 0.29) is 17.0 Å². The third kappa shape index (κ3) is 3.24. The second-order valence-electron chi connectivity index (χ2n) is 8.90. The SMILES string of the molecule is CNC1(C)CC[C@@H](Nc2c(C(N)=O)cnn3cc(-c4ccc(Cl)cc4)cc23)C1(C)C. The van der Waals surface area contributed by atoms with Gasteiger partial charge in [0.1, 0.15) is 0 Å². The van der Waals surface area contributed by atoms with Gasteiger partial charge in [-0.05, 0) is 50.6 Å². The number of carbonyl (C=O) groups excluding carboxylic acids is 1. The first kappa shape index (κ1) is 20.7. The van der Waals surface area contributed by atoms with Gasteiger partial charge in [0, 0.05) is 33.8 Å². The zero-order chi connectivity index (χ0) is 21.7. The lowest BCUT2D eigenvalue weighted by molar-refractivity contribution is 0.100. The van der Waals surface area contributed by atoms with Crippen molar-refractivity contribution in [2.75, 3.05) is 12.4 Å². The van der Waals surface area contributed by atoms with E-state index in [2.05, 4.69) is 36.5 Å². The van der Waals surface area contributed by atoms with Gasteiger partial charge in [0.25, 0.3) is 5.91 Å². The lowest BCUT2D eigenvalue weighted by atomic mass is 9.74. The predicted octanol–water partition coefficient (Wildman–Crippen LogP) is 4.33. The summed E-state index contributed by atoms with van der Waals surface area (Å²) in [5.74, 6) is -0.492. The number of fused-ring (bicyclic) bond motifs is 1. The highest BCUT2D eigenvalue weighted by Gasteiger charge is 2.51. The zero-order valence-electron chi connectivity index (χ0n) is 17.8. The van der Waals surface area contributed by atoms with E-state index in [0.29, 0.717) is 10.6 Å². The normalized spacial score (nSPS) is 23.0. The maximum atomic E-state index is 12.2. The number of nitrogens with one attached hydrogen (secondary N) is 2. The first-order valence-corrected chi connectivity index (χ1v) is 10.6. The zero-order valence-corrected chi connectivity index (χ0v) is 18.5. The maximum Gasteiger partial charge on any atom is 0.252 e. The smallest absolute Gasteiger partial charge is 0.252 e. The Morgan fingerprint density at radius 3 is 2.53 bits per heavy atom. The molecule has 30 heavy (non-hydrogen) atoms. The Hall–Kier alpha value is -2.57. The van der Waals surface area contributed by atoms with Crippen LogP contribution in [0.3, 0.4) is 0 Å². The number of benzene rings is 1. The lowest BCUT2D eigenvalue weighted by Gasteiger charge is -2.42. The number of amides is 1. The average Bonchev–Trinajstić information content (AvgIpc) is 3.23. The standard InChI is InChI=1S/C23H28ClN5O/c1-22(2)19(9-10-23(22,3)26-4)28-20-17(21(25)30)12-27-29-13-15(11-18(20)29)14-5-7-16(24)8-6-14/h5-8,11-13,19,26,28H,9-10H2,1-4H3,(H2,25,30)/t19-,23?/m1/s1. The molecule has 1 amide bonds. The van der Waals surface area contributed by atoms with Gasteiger partial charge in [0.2, 0.25) is 0 Å². The second-order valence-corrected chi connectivity index (χ2v) is 9.34. The summed E-state index contributed by atoms with van der Waals surface area (Å²) < 4.78 is 1.79. The summed E-state index contributed by atoms with van der Waals surface area (Å²) in [6.45, 7) is 6.77. The number of anilines is 1. The monoisotopic (exact) mass is 425 g/mol. The van der Waals surface area contributed by atoms with Gasteiger partial charge in [0.05, 0.1) is 23.0 Å². The molecule has 1 aliphatic carbocycles. The molecule has 1 fully saturated rings. The molecular weight excluding hydrogens is 398 g/mol. The Labute approximate surface area is 181 Å². The molecule has 2 heterocycles. The van der Waals surface area contributed by atoms with Crippen molar-refractivity contribution in [3.8, 4) is 11.1 Å². The van der Waals surface area contributed by atoms with Crippen LogP contribution < -0.4 is 16.4 Å². The van der Waals surface area contributed by atoms with Crippen molar-refractivity contribution in [3.05, 3.63) is 53.3 Å². The number of hydrogen-bond acceptors (Lipinski definition) is 4. The number of carbonyl (C=O) groups is 1. The van der Waals surface area contributed by atoms with Crippen LogP contribution in [0.2, 0.25) is 5.02 Å². The molecule has 1 unspecified atom stereocenters. The van der Waals surface area contributed by atoms with Crippen LogP contribution in [0.25, 0.3) is 16.6 Å². The summed E-state index contributed by atoms with van der Waals surface area (Å²) >= 11 is 6.03. The van der Waals surface area contributed by atoms with Crippen molar-refractivity contribution < 1.29 is 4.79 Å². The molecule has 7 heteroatoms. The molecule has 0 radical (unpaired) electrons. The Bertz CT molecular complexity index is 1100. The molecule has 1 saturated carbocycles.